The number of aromatic nitrogens is 2. The van der Waals surface area contributed by atoms with E-state index in [1.54, 1.807) is 23.1 Å². The number of thiazole rings is 1. The van der Waals surface area contributed by atoms with E-state index in [4.69, 9.17) is 5.21 Å². The zero-order valence-corrected chi connectivity index (χ0v) is 11.6. The van der Waals surface area contributed by atoms with E-state index in [1.807, 2.05) is 34.2 Å². The monoisotopic (exact) mass is 289 g/mol. The SMILES string of the molecule is ON=Cc1c(SCc2ccccc2)nc2sccn12. The largest absolute Gasteiger partial charge is 0.411 e. The summed E-state index contributed by atoms with van der Waals surface area (Å²) in [6, 6.07) is 10.2. The summed E-state index contributed by atoms with van der Waals surface area (Å²) in [4.78, 5) is 5.46. The van der Waals surface area contributed by atoms with Gasteiger partial charge in [0, 0.05) is 17.3 Å². The summed E-state index contributed by atoms with van der Waals surface area (Å²) in [6.45, 7) is 0. The number of nitrogens with zero attached hydrogens (tertiary/aromatic N) is 3. The molecule has 0 aliphatic heterocycles. The molecule has 0 fully saturated rings. The molecule has 0 radical (unpaired) electrons. The fourth-order valence-electron chi connectivity index (χ4n) is 1.79. The summed E-state index contributed by atoms with van der Waals surface area (Å²) in [5, 5.41) is 14.7. The molecule has 0 aliphatic carbocycles. The Bertz CT molecular complexity index is 703. The second-order valence-corrected chi connectivity index (χ2v) is 5.71. The summed E-state index contributed by atoms with van der Waals surface area (Å²) in [5.41, 5.74) is 2.07. The highest BCUT2D eigenvalue weighted by Gasteiger charge is 2.12. The molecule has 19 heavy (non-hydrogen) atoms. The van der Waals surface area contributed by atoms with Crippen molar-refractivity contribution in [3.05, 3.63) is 53.2 Å². The Morgan fingerprint density at radius 3 is 3.00 bits per heavy atom. The molecule has 3 aromatic rings. The van der Waals surface area contributed by atoms with Crippen LogP contribution >= 0.6 is 23.1 Å². The minimum atomic E-state index is 0.819. The molecule has 3 rings (SSSR count). The van der Waals surface area contributed by atoms with Crippen LogP contribution in [-0.4, -0.2) is 20.8 Å². The van der Waals surface area contributed by atoms with Crippen molar-refractivity contribution < 1.29 is 5.21 Å². The third-order valence-electron chi connectivity index (χ3n) is 2.66. The summed E-state index contributed by atoms with van der Waals surface area (Å²) in [5.74, 6) is 0.845. The number of thioether (sulfide) groups is 1. The fraction of sp³-hybridized carbons (Fsp3) is 0.0769. The van der Waals surface area contributed by atoms with Gasteiger partial charge in [-0.2, -0.15) is 0 Å². The van der Waals surface area contributed by atoms with Crippen molar-refractivity contribution in [1.29, 1.82) is 0 Å². The van der Waals surface area contributed by atoms with Crippen LogP contribution in [0.15, 0.2) is 52.1 Å². The van der Waals surface area contributed by atoms with E-state index in [0.29, 0.717) is 0 Å². The van der Waals surface area contributed by atoms with Gasteiger partial charge in [-0.3, -0.25) is 4.40 Å². The first-order valence-electron chi connectivity index (χ1n) is 5.68. The van der Waals surface area contributed by atoms with E-state index < -0.39 is 0 Å². The highest BCUT2D eigenvalue weighted by Crippen LogP contribution is 2.27. The van der Waals surface area contributed by atoms with Crippen LogP contribution in [0.1, 0.15) is 11.3 Å². The molecule has 2 heterocycles. The van der Waals surface area contributed by atoms with Gasteiger partial charge in [-0.15, -0.1) is 11.3 Å². The third kappa shape index (κ3) is 2.50. The third-order valence-corrected chi connectivity index (χ3v) is 4.47. The number of hydrogen-bond acceptors (Lipinski definition) is 5. The standard InChI is InChI=1S/C13H11N3OS2/c17-14-8-11-12(15-13-16(11)6-7-18-13)19-9-10-4-2-1-3-5-10/h1-8,17H,9H2. The lowest BCUT2D eigenvalue weighted by molar-refractivity contribution is 0.321. The van der Waals surface area contributed by atoms with Crippen LogP contribution in [0.5, 0.6) is 0 Å². The van der Waals surface area contributed by atoms with Crippen LogP contribution in [0.4, 0.5) is 0 Å². The molecule has 2 aromatic heterocycles. The first kappa shape index (κ1) is 12.3. The predicted molar refractivity (Wildman–Crippen MR) is 78.5 cm³/mol. The van der Waals surface area contributed by atoms with Crippen LogP contribution < -0.4 is 0 Å². The number of fused-ring (bicyclic) bond motifs is 1. The Balaban J connectivity index is 1.88. The van der Waals surface area contributed by atoms with E-state index in [2.05, 4.69) is 22.3 Å². The Labute approximate surface area is 118 Å². The molecule has 96 valence electrons. The molecule has 0 amide bonds. The highest BCUT2D eigenvalue weighted by atomic mass is 32.2. The van der Waals surface area contributed by atoms with Crippen molar-refractivity contribution in [1.82, 2.24) is 9.38 Å². The molecular formula is C13H11N3OS2. The molecule has 1 N–H and O–H groups in total. The van der Waals surface area contributed by atoms with Crippen molar-refractivity contribution in [2.45, 2.75) is 10.8 Å². The van der Waals surface area contributed by atoms with Crippen molar-refractivity contribution in [3.63, 3.8) is 0 Å². The molecule has 0 aliphatic rings. The minimum Gasteiger partial charge on any atom is -0.411 e. The van der Waals surface area contributed by atoms with Crippen molar-refractivity contribution >= 4 is 34.3 Å². The number of rotatable bonds is 4. The van der Waals surface area contributed by atoms with Crippen LogP contribution in [0.25, 0.3) is 4.96 Å². The summed E-state index contributed by atoms with van der Waals surface area (Å²) in [7, 11) is 0. The Kier molecular flexibility index (Phi) is 3.52. The number of imidazole rings is 1. The van der Waals surface area contributed by atoms with Crippen molar-refractivity contribution in [2.75, 3.05) is 0 Å². The smallest absolute Gasteiger partial charge is 0.195 e. The Morgan fingerprint density at radius 1 is 1.37 bits per heavy atom. The highest BCUT2D eigenvalue weighted by molar-refractivity contribution is 7.98. The molecule has 6 heteroatoms. The predicted octanol–water partition coefficient (Wildman–Crippen LogP) is 3.50. The molecule has 0 spiro atoms. The van der Waals surface area contributed by atoms with Gasteiger partial charge in [0.25, 0.3) is 0 Å². The van der Waals surface area contributed by atoms with Crippen LogP contribution in [-0.2, 0) is 5.75 Å². The van der Waals surface area contributed by atoms with Gasteiger partial charge >= 0.3 is 0 Å². The topological polar surface area (TPSA) is 49.9 Å². The first-order chi connectivity index (χ1) is 9.38. The van der Waals surface area contributed by atoms with Gasteiger partial charge in [0.1, 0.15) is 10.7 Å². The molecular weight excluding hydrogens is 278 g/mol. The quantitative estimate of drug-likeness (QED) is 0.346. The molecule has 1 aromatic carbocycles. The minimum absolute atomic E-state index is 0.819. The first-order valence-corrected chi connectivity index (χ1v) is 7.54. The van der Waals surface area contributed by atoms with E-state index in [1.165, 1.54) is 11.8 Å². The average molecular weight is 289 g/mol. The molecule has 0 saturated carbocycles. The summed E-state index contributed by atoms with van der Waals surface area (Å²) >= 11 is 3.21. The second-order valence-electron chi connectivity index (χ2n) is 3.88. The normalized spacial score (nSPS) is 11.6. The molecule has 0 bridgehead atoms. The Morgan fingerprint density at radius 2 is 2.21 bits per heavy atom. The van der Waals surface area contributed by atoms with E-state index in [0.717, 1.165) is 21.4 Å². The van der Waals surface area contributed by atoms with Gasteiger partial charge in [0.15, 0.2) is 4.96 Å². The fourth-order valence-corrected chi connectivity index (χ4v) is 3.51. The van der Waals surface area contributed by atoms with Gasteiger partial charge in [-0.05, 0) is 5.56 Å². The second kappa shape index (κ2) is 5.46. The maximum Gasteiger partial charge on any atom is 0.195 e. The summed E-state index contributed by atoms with van der Waals surface area (Å²) < 4.78 is 1.93. The van der Waals surface area contributed by atoms with Crippen LogP contribution in [0.3, 0.4) is 0 Å². The van der Waals surface area contributed by atoms with Gasteiger partial charge in [-0.25, -0.2) is 4.98 Å². The average Bonchev–Trinajstić information content (AvgIpc) is 3.01. The van der Waals surface area contributed by atoms with Gasteiger partial charge in [0.05, 0.1) is 6.21 Å². The maximum atomic E-state index is 8.77. The lowest BCUT2D eigenvalue weighted by atomic mass is 10.2. The lowest BCUT2D eigenvalue weighted by Gasteiger charge is -2.00. The number of benzene rings is 1. The maximum absolute atomic E-state index is 8.77. The van der Waals surface area contributed by atoms with Crippen LogP contribution in [0, 0.1) is 0 Å². The van der Waals surface area contributed by atoms with Crippen LogP contribution in [0.2, 0.25) is 0 Å². The number of hydrogen-bond donors (Lipinski definition) is 1. The molecule has 4 nitrogen and oxygen atoms in total. The summed E-state index contributed by atoms with van der Waals surface area (Å²) in [6.07, 6.45) is 3.36. The zero-order chi connectivity index (χ0) is 13.1. The van der Waals surface area contributed by atoms with E-state index >= 15 is 0 Å². The van der Waals surface area contributed by atoms with Crippen molar-refractivity contribution in [2.24, 2.45) is 5.16 Å². The van der Waals surface area contributed by atoms with Gasteiger partial charge < -0.3 is 5.21 Å². The van der Waals surface area contributed by atoms with Gasteiger partial charge in [-0.1, -0.05) is 47.2 Å². The van der Waals surface area contributed by atoms with E-state index in [-0.39, 0.29) is 0 Å². The molecule has 0 saturated heterocycles. The molecule has 0 unspecified atom stereocenters. The zero-order valence-electron chi connectivity index (χ0n) is 9.93. The number of oxime groups is 1. The Hall–Kier alpha value is -1.79. The lowest BCUT2D eigenvalue weighted by Crippen LogP contribution is -1.90. The van der Waals surface area contributed by atoms with Gasteiger partial charge in [0.2, 0.25) is 0 Å². The molecule has 0 atom stereocenters. The van der Waals surface area contributed by atoms with Crippen molar-refractivity contribution in [3.8, 4) is 0 Å². The van der Waals surface area contributed by atoms with E-state index in [9.17, 15) is 0 Å².